The Kier molecular flexibility index (Phi) is 3.67. The number of ether oxygens (including phenoxy) is 1. The Bertz CT molecular complexity index is 408. The van der Waals surface area contributed by atoms with Crippen molar-refractivity contribution < 1.29 is 4.74 Å². The molecule has 0 radical (unpaired) electrons. The highest BCUT2D eigenvalue weighted by molar-refractivity contribution is 7.10. The van der Waals surface area contributed by atoms with Crippen LogP contribution in [0.1, 0.15) is 15.8 Å². The molecule has 0 aliphatic carbocycles. The van der Waals surface area contributed by atoms with Crippen LogP contribution in [-0.2, 0) is 6.42 Å². The van der Waals surface area contributed by atoms with E-state index < -0.39 is 0 Å². The van der Waals surface area contributed by atoms with E-state index in [4.69, 9.17) is 16.3 Å². The zero-order chi connectivity index (χ0) is 10.7. The van der Waals surface area contributed by atoms with Gasteiger partial charge < -0.3 is 4.74 Å². The van der Waals surface area contributed by atoms with Gasteiger partial charge in [-0.1, -0.05) is 0 Å². The molecule has 0 fully saturated rings. The monoisotopic (exact) mass is 258 g/mol. The Morgan fingerprint density at radius 2 is 2.33 bits per heavy atom. The molecule has 2 rings (SSSR count). The van der Waals surface area contributed by atoms with E-state index in [1.165, 1.54) is 10.4 Å². The fourth-order valence-corrected chi connectivity index (χ4v) is 3.23. The molecule has 0 aromatic carbocycles. The van der Waals surface area contributed by atoms with Crippen LogP contribution < -0.4 is 4.74 Å². The van der Waals surface area contributed by atoms with E-state index in [-0.39, 0.29) is 5.38 Å². The Morgan fingerprint density at radius 3 is 2.93 bits per heavy atom. The average molecular weight is 259 g/mol. The zero-order valence-electron chi connectivity index (χ0n) is 8.27. The van der Waals surface area contributed by atoms with E-state index >= 15 is 0 Å². The van der Waals surface area contributed by atoms with Crippen LogP contribution in [0.2, 0.25) is 0 Å². The van der Waals surface area contributed by atoms with Gasteiger partial charge >= 0.3 is 0 Å². The Hall–Kier alpha value is -0.510. The van der Waals surface area contributed by atoms with Gasteiger partial charge in [-0.3, -0.25) is 0 Å². The SMILES string of the molecule is COc1csc(C(Cl)Cc2ccsc2)c1. The summed E-state index contributed by atoms with van der Waals surface area (Å²) in [7, 11) is 1.67. The highest BCUT2D eigenvalue weighted by Crippen LogP contribution is 2.33. The molecule has 2 aromatic heterocycles. The van der Waals surface area contributed by atoms with Crippen molar-refractivity contribution in [3.8, 4) is 5.75 Å². The second kappa shape index (κ2) is 5.01. The summed E-state index contributed by atoms with van der Waals surface area (Å²) in [5.41, 5.74) is 1.30. The standard InChI is InChI=1S/C11H11ClOS2/c1-13-9-5-11(15-7-9)10(12)4-8-2-3-14-6-8/h2-3,5-7,10H,4H2,1H3. The Morgan fingerprint density at radius 1 is 1.47 bits per heavy atom. The maximum atomic E-state index is 6.33. The third kappa shape index (κ3) is 2.74. The number of thiophene rings is 2. The molecule has 1 nitrogen and oxygen atoms in total. The fraction of sp³-hybridized carbons (Fsp3) is 0.273. The van der Waals surface area contributed by atoms with Gasteiger partial charge in [-0.2, -0.15) is 11.3 Å². The van der Waals surface area contributed by atoms with E-state index in [0.29, 0.717) is 0 Å². The van der Waals surface area contributed by atoms with Crippen molar-refractivity contribution in [1.82, 2.24) is 0 Å². The minimum Gasteiger partial charge on any atom is -0.496 e. The second-order valence-corrected chi connectivity index (χ2v) is 5.44. The van der Waals surface area contributed by atoms with Gasteiger partial charge in [0.2, 0.25) is 0 Å². The Balaban J connectivity index is 2.04. The third-order valence-electron chi connectivity index (χ3n) is 2.14. The summed E-state index contributed by atoms with van der Waals surface area (Å²) < 4.78 is 5.13. The summed E-state index contributed by atoms with van der Waals surface area (Å²) in [6.07, 6.45) is 0.884. The normalized spacial score (nSPS) is 12.7. The number of methoxy groups -OCH3 is 1. The lowest BCUT2D eigenvalue weighted by Crippen LogP contribution is -1.91. The molecule has 0 aliphatic heterocycles. The molecule has 0 bridgehead atoms. The lowest BCUT2D eigenvalue weighted by atomic mass is 10.1. The lowest BCUT2D eigenvalue weighted by molar-refractivity contribution is 0.416. The van der Waals surface area contributed by atoms with Gasteiger partial charge in [0.05, 0.1) is 12.5 Å². The van der Waals surface area contributed by atoms with Crippen LogP contribution in [0.5, 0.6) is 5.75 Å². The largest absolute Gasteiger partial charge is 0.496 e. The summed E-state index contributed by atoms with van der Waals surface area (Å²) in [5.74, 6) is 0.894. The van der Waals surface area contributed by atoms with Crippen molar-refractivity contribution in [2.75, 3.05) is 7.11 Å². The minimum atomic E-state index is 0.0495. The maximum absolute atomic E-state index is 6.33. The molecule has 0 aliphatic rings. The van der Waals surface area contributed by atoms with E-state index in [1.807, 2.05) is 11.4 Å². The molecule has 0 N–H and O–H groups in total. The number of hydrogen-bond acceptors (Lipinski definition) is 3. The van der Waals surface area contributed by atoms with Crippen LogP contribution in [0, 0.1) is 0 Å². The van der Waals surface area contributed by atoms with E-state index in [9.17, 15) is 0 Å². The predicted molar refractivity (Wildman–Crippen MR) is 67.5 cm³/mol. The van der Waals surface area contributed by atoms with Gasteiger partial charge in [0, 0.05) is 10.3 Å². The predicted octanol–water partition coefficient (Wildman–Crippen LogP) is 4.34. The first kappa shape index (κ1) is 11.0. The molecule has 2 aromatic rings. The molecular weight excluding hydrogens is 248 g/mol. The molecule has 2 heterocycles. The second-order valence-electron chi connectivity index (χ2n) is 3.19. The number of hydrogen-bond donors (Lipinski definition) is 0. The molecule has 80 valence electrons. The van der Waals surface area contributed by atoms with Crippen molar-refractivity contribution in [1.29, 1.82) is 0 Å². The number of halogens is 1. The maximum Gasteiger partial charge on any atom is 0.129 e. The molecule has 4 heteroatoms. The van der Waals surface area contributed by atoms with E-state index in [2.05, 4.69) is 16.8 Å². The van der Waals surface area contributed by atoms with Crippen LogP contribution >= 0.6 is 34.3 Å². The summed E-state index contributed by atoms with van der Waals surface area (Å²) in [5, 5.41) is 6.25. The smallest absolute Gasteiger partial charge is 0.129 e. The summed E-state index contributed by atoms with van der Waals surface area (Å²) in [6, 6.07) is 4.12. The van der Waals surface area contributed by atoms with Gasteiger partial charge in [0.1, 0.15) is 5.75 Å². The molecular formula is C11H11ClOS2. The molecule has 0 spiro atoms. The zero-order valence-corrected chi connectivity index (χ0v) is 10.7. The van der Waals surface area contributed by atoms with E-state index in [0.717, 1.165) is 12.2 Å². The van der Waals surface area contributed by atoms with Gasteiger partial charge in [-0.25, -0.2) is 0 Å². The molecule has 15 heavy (non-hydrogen) atoms. The molecule has 0 saturated carbocycles. The quantitative estimate of drug-likeness (QED) is 0.742. The van der Waals surface area contributed by atoms with Crippen molar-refractivity contribution in [3.05, 3.63) is 38.7 Å². The first-order valence-electron chi connectivity index (χ1n) is 4.57. The molecule has 0 amide bonds. The van der Waals surface area contributed by atoms with Crippen LogP contribution in [-0.4, -0.2) is 7.11 Å². The highest BCUT2D eigenvalue weighted by Gasteiger charge is 2.12. The third-order valence-corrected chi connectivity index (χ3v) is 4.41. The van der Waals surface area contributed by atoms with Crippen LogP contribution in [0.4, 0.5) is 0 Å². The topological polar surface area (TPSA) is 9.23 Å². The van der Waals surface area contributed by atoms with Crippen molar-refractivity contribution >= 4 is 34.3 Å². The van der Waals surface area contributed by atoms with Gasteiger partial charge in [-0.15, -0.1) is 22.9 Å². The lowest BCUT2D eigenvalue weighted by Gasteiger charge is -2.04. The highest BCUT2D eigenvalue weighted by atomic mass is 35.5. The summed E-state index contributed by atoms with van der Waals surface area (Å²) in [6.45, 7) is 0. The first-order valence-corrected chi connectivity index (χ1v) is 6.83. The van der Waals surface area contributed by atoms with Crippen LogP contribution in [0.15, 0.2) is 28.3 Å². The molecule has 1 atom stereocenters. The fourth-order valence-electron chi connectivity index (χ4n) is 1.32. The first-order chi connectivity index (χ1) is 7.29. The summed E-state index contributed by atoms with van der Waals surface area (Å²) >= 11 is 9.68. The van der Waals surface area contributed by atoms with Crippen LogP contribution in [0.3, 0.4) is 0 Å². The summed E-state index contributed by atoms with van der Waals surface area (Å²) in [4.78, 5) is 1.17. The molecule has 1 unspecified atom stereocenters. The minimum absolute atomic E-state index is 0.0495. The Labute approximate surface area is 102 Å². The van der Waals surface area contributed by atoms with Gasteiger partial charge in [-0.05, 0) is 34.9 Å². The van der Waals surface area contributed by atoms with Crippen molar-refractivity contribution in [2.45, 2.75) is 11.8 Å². The van der Waals surface area contributed by atoms with Gasteiger partial charge in [0.15, 0.2) is 0 Å². The van der Waals surface area contributed by atoms with Crippen molar-refractivity contribution in [3.63, 3.8) is 0 Å². The van der Waals surface area contributed by atoms with Crippen LogP contribution in [0.25, 0.3) is 0 Å². The number of rotatable bonds is 4. The van der Waals surface area contributed by atoms with Gasteiger partial charge in [0.25, 0.3) is 0 Å². The van der Waals surface area contributed by atoms with E-state index in [1.54, 1.807) is 29.8 Å². The average Bonchev–Trinajstić information content (AvgIpc) is 2.86. The molecule has 0 saturated heterocycles. The number of alkyl halides is 1. The van der Waals surface area contributed by atoms with Crippen molar-refractivity contribution in [2.24, 2.45) is 0 Å².